The molecular weight excluding hydrogens is 635 g/mol. The summed E-state index contributed by atoms with van der Waals surface area (Å²) in [5.41, 5.74) is 5.99. The lowest BCUT2D eigenvalue weighted by Crippen LogP contribution is -2.47. The van der Waals surface area contributed by atoms with Crippen molar-refractivity contribution in [3.63, 3.8) is 0 Å². The number of carbonyl (C=O) groups is 2. The number of rotatable bonds is 19. The first-order valence-corrected chi connectivity index (χ1v) is 15.1. The molecule has 18 nitrogen and oxygen atoms in total. The third-order valence-corrected chi connectivity index (χ3v) is 6.47. The van der Waals surface area contributed by atoms with Crippen molar-refractivity contribution in [3.05, 3.63) is 6.33 Å². The largest absolute Gasteiger partial charge is 0.510 e. The molecule has 2 rings (SSSR count). The van der Waals surface area contributed by atoms with Gasteiger partial charge in [-0.15, -0.1) is 0 Å². The Hall–Kier alpha value is -3.42. The fraction of sp³-hybridized carbons (Fsp3) is 0.708. The molecule has 0 fully saturated rings. The van der Waals surface area contributed by atoms with Gasteiger partial charge in [-0.3, -0.25) is 9.09 Å². The Kier molecular flexibility index (Phi) is 14.5. The summed E-state index contributed by atoms with van der Waals surface area (Å²) in [6.07, 6.45) is -6.23. The zero-order chi connectivity index (χ0) is 33.8. The van der Waals surface area contributed by atoms with Crippen LogP contribution in [0, 0.1) is 0 Å². The molecule has 3 N–H and O–H groups in total. The molecule has 0 bridgehead atoms. The predicted octanol–water partition coefficient (Wildman–Crippen LogP) is 3.92. The molecule has 256 valence electrons. The fourth-order valence-electron chi connectivity index (χ4n) is 3.25. The summed E-state index contributed by atoms with van der Waals surface area (Å²) in [5, 5.41) is 10.3. The molecular formula is C24H38F2N5O13P. The molecule has 2 heterocycles. The average Bonchev–Trinajstić information content (AvgIpc) is 3.37. The Morgan fingerprint density at radius 1 is 1.04 bits per heavy atom. The van der Waals surface area contributed by atoms with Crippen molar-refractivity contribution in [1.82, 2.24) is 19.5 Å². The molecule has 0 unspecified atom stereocenters. The molecule has 0 aliphatic rings. The molecule has 0 amide bonds. The van der Waals surface area contributed by atoms with E-state index in [2.05, 4.69) is 24.4 Å². The molecule has 0 spiro atoms. The number of carbonyl (C=O) groups excluding carboxylic acids is 2. The molecule has 0 radical (unpaired) electrons. The Labute approximate surface area is 256 Å². The molecule has 21 heteroatoms. The van der Waals surface area contributed by atoms with Crippen LogP contribution >= 0.6 is 7.82 Å². The maximum atomic E-state index is 16.2. The second kappa shape index (κ2) is 17.3. The van der Waals surface area contributed by atoms with Gasteiger partial charge in [-0.2, -0.15) is 9.97 Å². The molecule has 3 atom stereocenters. The quantitative estimate of drug-likeness (QED) is 0.122. The van der Waals surface area contributed by atoms with Crippen LogP contribution in [-0.4, -0.2) is 94.6 Å². The minimum atomic E-state index is -5.01. The summed E-state index contributed by atoms with van der Waals surface area (Å²) < 4.78 is 88.7. The van der Waals surface area contributed by atoms with Crippen LogP contribution in [-0.2, 0) is 41.8 Å². The maximum Gasteiger partial charge on any atom is 0.510 e. The second-order valence-corrected chi connectivity index (χ2v) is 11.1. The third kappa shape index (κ3) is 11.5. The van der Waals surface area contributed by atoms with Gasteiger partial charge < -0.3 is 39.3 Å². The number of hydrogen-bond acceptors (Lipinski definition) is 17. The van der Waals surface area contributed by atoms with Crippen LogP contribution in [0.2, 0.25) is 0 Å². The van der Waals surface area contributed by atoms with E-state index in [-0.39, 0.29) is 36.0 Å². The first-order valence-electron chi connectivity index (χ1n) is 13.6. The Balaban J connectivity index is 2.29. The molecule has 45 heavy (non-hydrogen) atoms. The zero-order valence-electron chi connectivity index (χ0n) is 25.5. The van der Waals surface area contributed by atoms with E-state index in [0.29, 0.717) is 0 Å². The average molecular weight is 674 g/mol. The normalized spacial score (nSPS) is 14.6. The lowest BCUT2D eigenvalue weighted by Gasteiger charge is -2.33. The van der Waals surface area contributed by atoms with Gasteiger partial charge in [0.25, 0.3) is 5.85 Å². The van der Waals surface area contributed by atoms with Crippen LogP contribution in [0.4, 0.5) is 24.3 Å². The molecule has 2 aromatic heterocycles. The van der Waals surface area contributed by atoms with E-state index in [1.807, 2.05) is 0 Å². The number of nitrogen functional groups attached to an aromatic ring is 1. The van der Waals surface area contributed by atoms with Gasteiger partial charge in [-0.25, -0.2) is 37.0 Å². The summed E-state index contributed by atoms with van der Waals surface area (Å²) in [5.74, 6) is -3.58. The lowest BCUT2D eigenvalue weighted by molar-refractivity contribution is -0.265. The van der Waals surface area contributed by atoms with Gasteiger partial charge in [0.2, 0.25) is 25.4 Å². The smallest absolute Gasteiger partial charge is 0.476 e. The summed E-state index contributed by atoms with van der Waals surface area (Å²) in [6.45, 7) is 4.23. The van der Waals surface area contributed by atoms with Gasteiger partial charge >= 0.3 is 20.1 Å². The van der Waals surface area contributed by atoms with Crippen molar-refractivity contribution < 1.29 is 70.0 Å². The highest BCUT2D eigenvalue weighted by atomic mass is 31.2. The monoisotopic (exact) mass is 673 g/mol. The van der Waals surface area contributed by atoms with Crippen molar-refractivity contribution in [1.29, 1.82) is 0 Å². The topological polar surface area (TPSA) is 224 Å². The van der Waals surface area contributed by atoms with Crippen LogP contribution in [0.15, 0.2) is 6.33 Å². The molecule has 0 aliphatic carbocycles. The van der Waals surface area contributed by atoms with Crippen LogP contribution in [0.5, 0.6) is 5.88 Å². The maximum absolute atomic E-state index is 16.2. The number of aliphatic hydroxyl groups excluding tert-OH is 1. The minimum Gasteiger partial charge on any atom is -0.476 e. The van der Waals surface area contributed by atoms with E-state index in [1.54, 1.807) is 13.8 Å². The van der Waals surface area contributed by atoms with Crippen LogP contribution < -0.4 is 10.5 Å². The number of aromatic nitrogens is 4. The zero-order valence-corrected chi connectivity index (χ0v) is 26.4. The number of nitrogens with two attached hydrogens (primary N) is 1. The molecule has 0 saturated carbocycles. The number of fused-ring (bicyclic) bond motifs is 1. The highest BCUT2D eigenvalue weighted by Crippen LogP contribution is 2.51. The van der Waals surface area contributed by atoms with Crippen molar-refractivity contribution >= 4 is 37.2 Å². The summed E-state index contributed by atoms with van der Waals surface area (Å²) in [4.78, 5) is 35.5. The highest BCUT2D eigenvalue weighted by molar-refractivity contribution is 7.48. The van der Waals surface area contributed by atoms with Gasteiger partial charge in [0.1, 0.15) is 25.6 Å². The molecule has 0 aromatic carbocycles. The summed E-state index contributed by atoms with van der Waals surface area (Å²) in [6, 6.07) is 0. The van der Waals surface area contributed by atoms with Gasteiger partial charge in [-0.05, 0) is 41.0 Å². The second-order valence-electron chi connectivity index (χ2n) is 9.42. The van der Waals surface area contributed by atoms with E-state index in [4.69, 9.17) is 38.3 Å². The van der Waals surface area contributed by atoms with Gasteiger partial charge in [0.05, 0.1) is 25.1 Å². The standard InChI is InChI=1S/C24H38F2N5O13P/c1-7-17(31-11-28-18-19(31)29-21(27)30-20(18)36-8-2)44-24(26,16(32)9-25)10-39-45(35,40-12-37-22(33)42-14(3)4)41-13-38-23(34)43-15(5)6/h11,14-17,32H,7-10,12-13H2,1-6H3,(H2,27,29,30)/t16-,17+,24+/m0/s1. The third-order valence-electron chi connectivity index (χ3n) is 5.18. The summed E-state index contributed by atoms with van der Waals surface area (Å²) >= 11 is 0. The van der Waals surface area contributed by atoms with Gasteiger partial charge in [0.15, 0.2) is 11.2 Å². The Bertz CT molecular complexity index is 1270. The van der Waals surface area contributed by atoms with Gasteiger partial charge in [-0.1, -0.05) is 6.92 Å². The van der Waals surface area contributed by atoms with E-state index in [1.165, 1.54) is 38.6 Å². The Morgan fingerprint density at radius 3 is 2.11 bits per heavy atom. The summed E-state index contributed by atoms with van der Waals surface area (Å²) in [7, 11) is -5.01. The first kappa shape index (κ1) is 37.8. The van der Waals surface area contributed by atoms with Crippen LogP contribution in [0.25, 0.3) is 11.2 Å². The molecule has 0 aliphatic heterocycles. The lowest BCUT2D eigenvalue weighted by atomic mass is 10.2. The number of phosphoric ester groups is 1. The van der Waals surface area contributed by atoms with Crippen LogP contribution in [0.3, 0.4) is 0 Å². The van der Waals surface area contributed by atoms with Crippen molar-refractivity contribution in [3.8, 4) is 5.88 Å². The number of hydrogen-bond donors (Lipinski definition) is 2. The van der Waals surface area contributed by atoms with Crippen molar-refractivity contribution in [2.75, 3.05) is 39.2 Å². The van der Waals surface area contributed by atoms with E-state index in [0.717, 1.165) is 0 Å². The predicted molar refractivity (Wildman–Crippen MR) is 148 cm³/mol. The van der Waals surface area contributed by atoms with E-state index >= 15 is 4.39 Å². The molecule has 0 saturated heterocycles. The van der Waals surface area contributed by atoms with Crippen LogP contribution in [0.1, 0.15) is 54.2 Å². The number of aliphatic hydroxyl groups is 1. The van der Waals surface area contributed by atoms with Crippen molar-refractivity contribution in [2.24, 2.45) is 0 Å². The number of alkyl halides is 2. The molecule has 2 aromatic rings. The Morgan fingerprint density at radius 2 is 1.62 bits per heavy atom. The first-order chi connectivity index (χ1) is 21.2. The van der Waals surface area contributed by atoms with E-state index in [9.17, 15) is 23.7 Å². The minimum absolute atomic E-state index is 0.00766. The number of imidazole rings is 1. The number of phosphoric acid groups is 1. The number of anilines is 1. The number of ether oxygens (including phenoxy) is 6. The number of halogens is 2. The highest BCUT2D eigenvalue weighted by Gasteiger charge is 2.46. The van der Waals surface area contributed by atoms with E-state index < -0.39 is 77.4 Å². The SMILES string of the molecule is CCOc1nc(N)nc2c1ncn2[C@@H](CC)O[C@](F)(COP(=O)(OCOC(=O)OC(C)C)OCOC(=O)OC(C)C)[C@@H](O)CF. The van der Waals surface area contributed by atoms with Gasteiger partial charge in [0, 0.05) is 0 Å². The fourth-order valence-corrected chi connectivity index (χ4v) is 4.17. The number of nitrogens with zero attached hydrogens (tertiary/aromatic N) is 4. The van der Waals surface area contributed by atoms with Crippen molar-refractivity contribution in [2.45, 2.75) is 78.4 Å².